The van der Waals surface area contributed by atoms with Crippen molar-refractivity contribution >= 4 is 29.1 Å². The van der Waals surface area contributed by atoms with Gasteiger partial charge in [-0.25, -0.2) is 17.6 Å². The second-order valence-electron chi connectivity index (χ2n) is 9.70. The number of hydrogen-bond acceptors (Lipinski definition) is 5. The van der Waals surface area contributed by atoms with Crippen LogP contribution in [-0.2, 0) is 10.4 Å². The van der Waals surface area contributed by atoms with Crippen LogP contribution in [0.4, 0.5) is 23.2 Å². The molecule has 1 atom stereocenters. The second kappa shape index (κ2) is 10.5. The van der Waals surface area contributed by atoms with Gasteiger partial charge in [-0.1, -0.05) is 23.7 Å². The van der Waals surface area contributed by atoms with Gasteiger partial charge in [-0.3, -0.25) is 19.6 Å². The zero-order chi connectivity index (χ0) is 27.9. The number of alkyl halides is 2. The van der Waals surface area contributed by atoms with Crippen LogP contribution in [0.15, 0.2) is 48.9 Å². The first-order valence-electron chi connectivity index (χ1n) is 12.3. The van der Waals surface area contributed by atoms with Gasteiger partial charge in [0.1, 0.15) is 17.3 Å². The van der Waals surface area contributed by atoms with Crippen LogP contribution in [-0.4, -0.2) is 39.5 Å². The smallest absolute Gasteiger partial charge is 0.281 e. The Morgan fingerprint density at radius 1 is 1.13 bits per heavy atom. The number of para-hydroxylation sites is 1. The summed E-state index contributed by atoms with van der Waals surface area (Å²) in [7, 11) is 0. The van der Waals surface area contributed by atoms with Gasteiger partial charge >= 0.3 is 0 Å². The Morgan fingerprint density at radius 2 is 1.87 bits per heavy atom. The molecule has 0 bridgehead atoms. The Bertz CT molecular complexity index is 1430. The molecule has 0 radical (unpaired) electrons. The highest BCUT2D eigenvalue weighted by Crippen LogP contribution is 2.47. The van der Waals surface area contributed by atoms with E-state index in [4.69, 9.17) is 11.6 Å². The minimum atomic E-state index is -2.95. The van der Waals surface area contributed by atoms with E-state index in [1.165, 1.54) is 30.5 Å². The number of halogens is 5. The molecule has 0 spiro atoms. The molecule has 2 aromatic heterocycles. The van der Waals surface area contributed by atoms with Gasteiger partial charge in [0.05, 0.1) is 22.5 Å². The lowest BCUT2D eigenvalue weighted by atomic mass is 9.85. The number of hydrogen-bond donors (Lipinski definition) is 2. The molecular formula is C27H23ClF4N4O3. The molecule has 0 saturated heterocycles. The Hall–Kier alpha value is -3.57. The highest BCUT2D eigenvalue weighted by atomic mass is 35.5. The summed E-state index contributed by atoms with van der Waals surface area (Å²) >= 11 is 5.85. The van der Waals surface area contributed by atoms with Crippen molar-refractivity contribution in [2.24, 2.45) is 5.92 Å². The highest BCUT2D eigenvalue weighted by molar-refractivity contribution is 6.30. The van der Waals surface area contributed by atoms with Crippen LogP contribution in [0, 0.1) is 17.6 Å². The van der Waals surface area contributed by atoms with Crippen LogP contribution < -0.4 is 10.2 Å². The highest BCUT2D eigenvalue weighted by Gasteiger charge is 2.53. The maximum absolute atomic E-state index is 15.0. The summed E-state index contributed by atoms with van der Waals surface area (Å²) in [6.45, 7) is 0.0657. The second-order valence-corrected chi connectivity index (χ2v) is 10.1. The van der Waals surface area contributed by atoms with Gasteiger partial charge in [0, 0.05) is 36.1 Å². The van der Waals surface area contributed by atoms with Crippen molar-refractivity contribution in [3.8, 4) is 0 Å². The lowest BCUT2D eigenvalue weighted by molar-refractivity contribution is -0.132. The molecule has 7 nitrogen and oxygen atoms in total. The van der Waals surface area contributed by atoms with E-state index in [1.807, 2.05) is 0 Å². The average Bonchev–Trinajstić information content (AvgIpc) is 3.13. The zero-order valence-corrected chi connectivity index (χ0v) is 21.1. The lowest BCUT2D eigenvalue weighted by Crippen LogP contribution is -2.45. The van der Waals surface area contributed by atoms with E-state index in [-0.39, 0.29) is 45.9 Å². The Balaban J connectivity index is 1.30. The fourth-order valence-corrected chi connectivity index (χ4v) is 5.57. The number of pyridine rings is 2. The van der Waals surface area contributed by atoms with E-state index < -0.39 is 41.2 Å². The van der Waals surface area contributed by atoms with E-state index in [2.05, 4.69) is 15.3 Å². The fourth-order valence-electron chi connectivity index (χ4n) is 5.41. The van der Waals surface area contributed by atoms with Gasteiger partial charge in [0.2, 0.25) is 0 Å². The largest absolute Gasteiger partial charge is 0.372 e. The number of carbonyl (C=O) groups excluding carboxylic acids is 2. The molecule has 12 heteroatoms. The van der Waals surface area contributed by atoms with Crippen molar-refractivity contribution in [3.63, 3.8) is 0 Å². The first kappa shape index (κ1) is 27.0. The number of nitrogens with one attached hydrogen (secondary N) is 1. The molecule has 2 aliphatic rings. The third-order valence-corrected chi connectivity index (χ3v) is 7.53. The number of rotatable bonds is 6. The molecular weight excluding hydrogens is 540 g/mol. The van der Waals surface area contributed by atoms with Crippen molar-refractivity contribution < 1.29 is 32.3 Å². The van der Waals surface area contributed by atoms with Crippen molar-refractivity contribution in [2.75, 3.05) is 11.4 Å². The number of benzene rings is 1. The third kappa shape index (κ3) is 4.85. The Morgan fingerprint density at radius 3 is 2.56 bits per heavy atom. The molecule has 1 saturated carbocycles. The first-order chi connectivity index (χ1) is 18.6. The number of anilines is 1. The maximum Gasteiger partial charge on any atom is 0.281 e. The van der Waals surface area contributed by atoms with Gasteiger partial charge < -0.3 is 15.3 Å². The average molecular weight is 563 g/mol. The Kier molecular flexibility index (Phi) is 7.30. The molecule has 2 N–H and O–H groups in total. The summed E-state index contributed by atoms with van der Waals surface area (Å²) in [4.78, 5) is 34.6. The van der Waals surface area contributed by atoms with Crippen LogP contribution in [0.3, 0.4) is 0 Å². The van der Waals surface area contributed by atoms with Crippen molar-refractivity contribution in [1.82, 2.24) is 15.3 Å². The van der Waals surface area contributed by atoms with Crippen LogP contribution in [0.1, 0.15) is 59.3 Å². The summed E-state index contributed by atoms with van der Waals surface area (Å²) in [6.07, 6.45) is 2.22. The third-order valence-electron chi connectivity index (χ3n) is 7.32. The van der Waals surface area contributed by atoms with Gasteiger partial charge in [-0.2, -0.15) is 0 Å². The maximum atomic E-state index is 15.0. The molecule has 1 fully saturated rings. The number of amides is 2. The standard InChI is InChI=1S/C27H23ClF4N4O3/c28-15-10-17(22(24(31)32)34-11-15)25(37)35-16-6-4-14(5-7-16)13-36-23-19(2-1-3-20(23)29)27(39,26(36)38)18-8-9-33-12-21(18)30/h1-3,8-12,14,16,24,39H,4-7,13H2,(H,35,37). The topological polar surface area (TPSA) is 95.4 Å². The molecule has 204 valence electrons. The quantitative estimate of drug-likeness (QED) is 0.416. The molecule has 5 rings (SSSR count). The van der Waals surface area contributed by atoms with Crippen molar-refractivity contribution in [3.05, 3.63) is 88.0 Å². The molecule has 1 aromatic carbocycles. The molecule has 3 heterocycles. The van der Waals surface area contributed by atoms with E-state index >= 15 is 0 Å². The fraction of sp³-hybridized carbons (Fsp3) is 0.333. The van der Waals surface area contributed by atoms with E-state index in [0.717, 1.165) is 23.4 Å². The monoisotopic (exact) mass is 562 g/mol. The van der Waals surface area contributed by atoms with Gasteiger partial charge in [0.15, 0.2) is 5.60 Å². The molecule has 39 heavy (non-hydrogen) atoms. The summed E-state index contributed by atoms with van der Waals surface area (Å²) in [5.41, 5.74) is -3.84. The minimum Gasteiger partial charge on any atom is -0.372 e. The molecule has 1 aliphatic heterocycles. The van der Waals surface area contributed by atoms with Gasteiger partial charge in [0.25, 0.3) is 18.2 Å². The molecule has 1 aliphatic carbocycles. The number of carbonyl (C=O) groups is 2. The minimum absolute atomic E-state index is 0.0523. The number of aliphatic hydroxyl groups is 1. The summed E-state index contributed by atoms with van der Waals surface area (Å²) in [6, 6.07) is 5.92. The number of nitrogens with zero attached hydrogens (tertiary/aromatic N) is 3. The summed E-state index contributed by atoms with van der Waals surface area (Å²) in [5, 5.41) is 14.3. The zero-order valence-electron chi connectivity index (χ0n) is 20.4. The van der Waals surface area contributed by atoms with Gasteiger partial charge in [-0.15, -0.1) is 0 Å². The lowest BCUT2D eigenvalue weighted by Gasteiger charge is -2.32. The van der Waals surface area contributed by atoms with Crippen LogP contribution in [0.2, 0.25) is 5.02 Å². The van der Waals surface area contributed by atoms with Crippen molar-refractivity contribution in [2.45, 2.75) is 43.8 Å². The predicted octanol–water partition coefficient (Wildman–Crippen LogP) is 4.92. The predicted molar refractivity (Wildman–Crippen MR) is 133 cm³/mol. The SMILES string of the molecule is O=C(NC1CCC(CN2C(=O)C(O)(c3ccncc3F)c3cccc(F)c32)CC1)c1cc(Cl)cnc1C(F)F. The van der Waals surface area contributed by atoms with Gasteiger partial charge in [-0.05, 0) is 49.8 Å². The summed E-state index contributed by atoms with van der Waals surface area (Å²) < 4.78 is 56.2. The van der Waals surface area contributed by atoms with E-state index in [1.54, 1.807) is 0 Å². The number of fused-ring (bicyclic) bond motifs is 1. The molecule has 2 amide bonds. The number of aromatic nitrogens is 2. The first-order valence-corrected chi connectivity index (χ1v) is 12.7. The Labute approximate surface area is 225 Å². The van der Waals surface area contributed by atoms with E-state index in [9.17, 15) is 32.3 Å². The normalized spacial score (nSPS) is 22.7. The van der Waals surface area contributed by atoms with Crippen LogP contribution in [0.25, 0.3) is 0 Å². The summed E-state index contributed by atoms with van der Waals surface area (Å²) in [5.74, 6) is -3.32. The molecule has 1 unspecified atom stereocenters. The molecule has 3 aromatic rings. The van der Waals surface area contributed by atoms with Crippen molar-refractivity contribution in [1.29, 1.82) is 0 Å². The van der Waals surface area contributed by atoms with Crippen LogP contribution >= 0.6 is 11.6 Å². The van der Waals surface area contributed by atoms with E-state index in [0.29, 0.717) is 25.7 Å². The van der Waals surface area contributed by atoms with Crippen LogP contribution in [0.5, 0.6) is 0 Å².